The molecule has 0 aliphatic heterocycles. The number of aliphatic carboxylic acids is 1. The Morgan fingerprint density at radius 3 is 2.11 bits per heavy atom. The first-order valence-electron chi connectivity index (χ1n) is 5.85. The van der Waals surface area contributed by atoms with Gasteiger partial charge < -0.3 is 20.7 Å². The second-order valence-corrected chi connectivity index (χ2v) is 3.60. The fourth-order valence-corrected chi connectivity index (χ4v) is 1.18. The average Bonchev–Trinajstić information content (AvgIpc) is 2.34. The summed E-state index contributed by atoms with van der Waals surface area (Å²) in [6, 6.07) is 5.42. The number of aromatic hydroxyl groups is 1. The van der Waals surface area contributed by atoms with Gasteiger partial charge >= 0.3 is 5.97 Å². The molecule has 1 atom stereocenters. The van der Waals surface area contributed by atoms with E-state index in [4.69, 9.17) is 20.7 Å². The molecule has 18 heavy (non-hydrogen) atoms. The predicted octanol–water partition coefficient (Wildman–Crippen LogP) is 1.39. The molecule has 0 heterocycles. The van der Waals surface area contributed by atoms with Crippen molar-refractivity contribution in [2.45, 2.75) is 26.3 Å². The predicted molar refractivity (Wildman–Crippen MR) is 69.6 cm³/mol. The van der Waals surface area contributed by atoms with Gasteiger partial charge in [-0.3, -0.25) is 4.79 Å². The maximum atomic E-state index is 10.4. The molecule has 0 radical (unpaired) electrons. The Kier molecular flexibility index (Phi) is 8.61. The zero-order chi connectivity index (χ0) is 14.0. The minimum absolute atomic E-state index is 0.160. The summed E-state index contributed by atoms with van der Waals surface area (Å²) >= 11 is 0. The lowest BCUT2D eigenvalue weighted by Crippen LogP contribution is -2.32. The summed E-state index contributed by atoms with van der Waals surface area (Å²) in [4.78, 5) is 10.4. The Morgan fingerprint density at radius 1 is 1.28 bits per heavy atom. The first-order valence-corrected chi connectivity index (χ1v) is 5.85. The third-order valence-corrected chi connectivity index (χ3v) is 2.12. The third-order valence-electron chi connectivity index (χ3n) is 2.12. The maximum absolute atomic E-state index is 10.4. The molecule has 0 saturated carbocycles. The molecule has 0 aliphatic rings. The molecule has 5 nitrogen and oxygen atoms in total. The molecule has 102 valence electrons. The van der Waals surface area contributed by atoms with Crippen LogP contribution in [0.2, 0.25) is 0 Å². The van der Waals surface area contributed by atoms with Crippen molar-refractivity contribution in [1.82, 2.24) is 0 Å². The lowest BCUT2D eigenvalue weighted by molar-refractivity contribution is -0.138. The van der Waals surface area contributed by atoms with Crippen molar-refractivity contribution < 1.29 is 19.7 Å². The van der Waals surface area contributed by atoms with Crippen LogP contribution in [0.4, 0.5) is 0 Å². The van der Waals surface area contributed by atoms with Crippen LogP contribution < -0.4 is 5.73 Å². The van der Waals surface area contributed by atoms with E-state index in [-0.39, 0.29) is 12.2 Å². The number of benzene rings is 1. The Bertz CT molecular complexity index is 335. The molecule has 0 saturated heterocycles. The highest BCUT2D eigenvalue weighted by Gasteiger charge is 2.11. The number of phenolic OH excluding ortho intramolecular Hbond substituents is 1. The maximum Gasteiger partial charge on any atom is 0.320 e. The molecule has 1 rings (SSSR count). The number of nitrogens with two attached hydrogens (primary N) is 1. The zero-order valence-electron chi connectivity index (χ0n) is 10.8. The van der Waals surface area contributed by atoms with E-state index in [0.29, 0.717) is 0 Å². The Balaban J connectivity index is 0.000000494. The van der Waals surface area contributed by atoms with Gasteiger partial charge in [0, 0.05) is 13.2 Å². The number of rotatable bonds is 5. The van der Waals surface area contributed by atoms with Gasteiger partial charge in [0.25, 0.3) is 0 Å². The minimum atomic E-state index is -1.02. The molecule has 0 amide bonds. The Labute approximate surface area is 107 Å². The molecule has 1 aromatic rings. The summed E-state index contributed by atoms with van der Waals surface area (Å²) in [6.45, 7) is 5.67. The number of carboxylic acids is 1. The van der Waals surface area contributed by atoms with Crippen LogP contribution in [0.25, 0.3) is 0 Å². The van der Waals surface area contributed by atoms with Crippen molar-refractivity contribution in [3.8, 4) is 5.75 Å². The lowest BCUT2D eigenvalue weighted by Gasteiger charge is -2.05. The van der Waals surface area contributed by atoms with Crippen molar-refractivity contribution in [1.29, 1.82) is 0 Å². The molecule has 5 heteroatoms. The van der Waals surface area contributed by atoms with Gasteiger partial charge in [-0.05, 0) is 38.0 Å². The molecular weight excluding hydrogens is 234 g/mol. The van der Waals surface area contributed by atoms with E-state index in [1.165, 1.54) is 12.1 Å². The van der Waals surface area contributed by atoms with Crippen molar-refractivity contribution in [3.05, 3.63) is 29.8 Å². The Morgan fingerprint density at radius 2 is 1.78 bits per heavy atom. The zero-order valence-corrected chi connectivity index (χ0v) is 10.8. The van der Waals surface area contributed by atoms with Crippen LogP contribution in [0, 0.1) is 0 Å². The summed E-state index contributed by atoms with van der Waals surface area (Å²) in [5.74, 6) is -0.860. The molecule has 0 aliphatic carbocycles. The third kappa shape index (κ3) is 7.65. The van der Waals surface area contributed by atoms with Gasteiger partial charge in [0.1, 0.15) is 11.8 Å². The second kappa shape index (κ2) is 9.44. The first-order chi connectivity index (χ1) is 8.51. The van der Waals surface area contributed by atoms with E-state index >= 15 is 0 Å². The SMILES string of the molecule is CCOCC.N[C@@H](Cc1ccc(O)cc1)C(=O)O. The van der Waals surface area contributed by atoms with Crippen LogP contribution in [0.15, 0.2) is 24.3 Å². The molecule has 0 spiro atoms. The summed E-state index contributed by atoms with van der Waals surface area (Å²) < 4.78 is 4.83. The number of hydrogen-bond donors (Lipinski definition) is 3. The largest absolute Gasteiger partial charge is 0.508 e. The molecule has 0 unspecified atom stereocenters. The van der Waals surface area contributed by atoms with Crippen molar-refractivity contribution in [2.24, 2.45) is 5.73 Å². The van der Waals surface area contributed by atoms with Crippen molar-refractivity contribution in [3.63, 3.8) is 0 Å². The standard InChI is InChI=1S/C9H11NO3.C4H10O/c10-8(9(12)13)5-6-1-3-7(11)4-2-6;1-3-5-4-2/h1-4,8,11H,5,10H2,(H,12,13);3-4H2,1-2H3/t8-;/m0./s1. The van der Waals surface area contributed by atoms with Gasteiger partial charge in [0.05, 0.1) is 0 Å². The van der Waals surface area contributed by atoms with Crippen LogP contribution in [-0.4, -0.2) is 35.4 Å². The van der Waals surface area contributed by atoms with Crippen LogP contribution in [-0.2, 0) is 16.0 Å². The minimum Gasteiger partial charge on any atom is -0.508 e. The quantitative estimate of drug-likeness (QED) is 0.739. The van der Waals surface area contributed by atoms with Crippen molar-refractivity contribution in [2.75, 3.05) is 13.2 Å². The topological polar surface area (TPSA) is 92.8 Å². The first kappa shape index (κ1) is 16.4. The van der Waals surface area contributed by atoms with Gasteiger partial charge in [-0.2, -0.15) is 0 Å². The molecule has 0 bridgehead atoms. The normalized spacial score (nSPS) is 11.3. The highest BCUT2D eigenvalue weighted by atomic mass is 16.5. The summed E-state index contributed by atoms with van der Waals surface area (Å²) in [6.07, 6.45) is 0.273. The average molecular weight is 255 g/mol. The molecular formula is C13H21NO4. The summed E-state index contributed by atoms with van der Waals surface area (Å²) in [5, 5.41) is 17.5. The monoisotopic (exact) mass is 255 g/mol. The fraction of sp³-hybridized carbons (Fsp3) is 0.462. The number of hydrogen-bond acceptors (Lipinski definition) is 4. The molecule has 0 fully saturated rings. The highest BCUT2D eigenvalue weighted by Crippen LogP contribution is 2.10. The van der Waals surface area contributed by atoms with E-state index in [2.05, 4.69) is 0 Å². The van der Waals surface area contributed by atoms with Crippen LogP contribution in [0.5, 0.6) is 5.75 Å². The number of carboxylic acid groups (broad SMARTS) is 1. The van der Waals surface area contributed by atoms with Gasteiger partial charge in [0.2, 0.25) is 0 Å². The van der Waals surface area contributed by atoms with Gasteiger partial charge in [-0.1, -0.05) is 12.1 Å². The van der Waals surface area contributed by atoms with Gasteiger partial charge in [0.15, 0.2) is 0 Å². The van der Waals surface area contributed by atoms with E-state index in [1.54, 1.807) is 12.1 Å². The number of phenols is 1. The summed E-state index contributed by atoms with van der Waals surface area (Å²) in [5.41, 5.74) is 6.12. The van der Waals surface area contributed by atoms with Gasteiger partial charge in [-0.15, -0.1) is 0 Å². The fourth-order valence-electron chi connectivity index (χ4n) is 1.18. The van der Waals surface area contributed by atoms with E-state index < -0.39 is 12.0 Å². The van der Waals surface area contributed by atoms with Crippen LogP contribution in [0.3, 0.4) is 0 Å². The number of ether oxygens (including phenoxy) is 1. The second-order valence-electron chi connectivity index (χ2n) is 3.60. The molecule has 1 aromatic carbocycles. The van der Waals surface area contributed by atoms with Crippen LogP contribution >= 0.6 is 0 Å². The smallest absolute Gasteiger partial charge is 0.320 e. The van der Waals surface area contributed by atoms with Crippen LogP contribution in [0.1, 0.15) is 19.4 Å². The molecule has 4 N–H and O–H groups in total. The summed E-state index contributed by atoms with van der Waals surface area (Å²) in [7, 11) is 0. The van der Waals surface area contributed by atoms with E-state index in [1.807, 2.05) is 13.8 Å². The highest BCUT2D eigenvalue weighted by molar-refractivity contribution is 5.73. The van der Waals surface area contributed by atoms with Crippen molar-refractivity contribution >= 4 is 5.97 Å². The van der Waals surface area contributed by atoms with E-state index in [0.717, 1.165) is 18.8 Å². The van der Waals surface area contributed by atoms with Gasteiger partial charge in [-0.25, -0.2) is 0 Å². The van der Waals surface area contributed by atoms with E-state index in [9.17, 15) is 4.79 Å². The molecule has 0 aromatic heterocycles. The Hall–Kier alpha value is -1.59. The lowest BCUT2D eigenvalue weighted by atomic mass is 10.1. The number of carbonyl (C=O) groups is 1.